The second-order valence-corrected chi connectivity index (χ2v) is 9.29. The smallest absolute Gasteiger partial charge is 0.250 e. The van der Waals surface area contributed by atoms with Crippen LogP contribution in [0, 0.1) is 6.92 Å². The van der Waals surface area contributed by atoms with Gasteiger partial charge in [-0.25, -0.2) is 13.1 Å². The number of ether oxygens (including phenoxy) is 1. The molecular formula is C13H19ClN2O3S2. The minimum absolute atomic E-state index is 0.284. The first-order valence-electron chi connectivity index (χ1n) is 7.07. The zero-order valence-electron chi connectivity index (χ0n) is 11.8. The van der Waals surface area contributed by atoms with E-state index in [4.69, 9.17) is 16.3 Å². The molecule has 1 aromatic rings. The zero-order valence-corrected chi connectivity index (χ0v) is 14.2. The van der Waals surface area contributed by atoms with Crippen molar-refractivity contribution in [2.45, 2.75) is 36.2 Å². The van der Waals surface area contributed by atoms with Crippen molar-refractivity contribution in [3.05, 3.63) is 16.0 Å². The van der Waals surface area contributed by atoms with Gasteiger partial charge in [0.1, 0.15) is 4.21 Å². The molecule has 2 aliphatic rings. The first kappa shape index (κ1) is 15.7. The molecule has 0 spiro atoms. The Morgan fingerprint density at radius 3 is 2.67 bits per heavy atom. The summed E-state index contributed by atoms with van der Waals surface area (Å²) < 4.78 is 33.6. The average Bonchev–Trinajstić information content (AvgIpc) is 2.93. The average molecular weight is 351 g/mol. The number of rotatable bonds is 5. The molecule has 1 aromatic heterocycles. The van der Waals surface area contributed by atoms with Gasteiger partial charge in [0.2, 0.25) is 10.0 Å². The van der Waals surface area contributed by atoms with E-state index in [1.54, 1.807) is 13.0 Å². The van der Waals surface area contributed by atoms with Gasteiger partial charge in [-0.3, -0.25) is 4.90 Å². The van der Waals surface area contributed by atoms with Gasteiger partial charge in [0.25, 0.3) is 0 Å². The Kier molecular flexibility index (Phi) is 4.59. The van der Waals surface area contributed by atoms with E-state index in [9.17, 15) is 8.42 Å². The van der Waals surface area contributed by atoms with Crippen LogP contribution >= 0.6 is 22.9 Å². The highest BCUT2D eigenvalue weighted by Crippen LogP contribution is 2.30. The monoisotopic (exact) mass is 350 g/mol. The highest BCUT2D eigenvalue weighted by molar-refractivity contribution is 7.91. The molecular weight excluding hydrogens is 332 g/mol. The van der Waals surface area contributed by atoms with Crippen LogP contribution in [0.15, 0.2) is 10.3 Å². The summed E-state index contributed by atoms with van der Waals surface area (Å²) >= 11 is 7.03. The Balaban J connectivity index is 1.52. The van der Waals surface area contributed by atoms with Crippen LogP contribution in [-0.4, -0.2) is 51.7 Å². The molecule has 118 valence electrons. The SMILES string of the molecule is Cc1cc(S(=O)(=O)NCCN2CC3CCC(C2)O3)sc1Cl. The third kappa shape index (κ3) is 3.60. The highest BCUT2D eigenvalue weighted by Gasteiger charge is 2.33. The topological polar surface area (TPSA) is 58.6 Å². The number of nitrogens with one attached hydrogen (secondary N) is 1. The van der Waals surface area contributed by atoms with Crippen molar-refractivity contribution in [2.75, 3.05) is 26.2 Å². The third-order valence-electron chi connectivity index (χ3n) is 3.94. The van der Waals surface area contributed by atoms with E-state index < -0.39 is 10.0 Å². The minimum Gasteiger partial charge on any atom is -0.372 e. The largest absolute Gasteiger partial charge is 0.372 e. The first-order chi connectivity index (χ1) is 9.94. The molecule has 3 heterocycles. The van der Waals surface area contributed by atoms with Crippen LogP contribution in [0.25, 0.3) is 0 Å². The minimum atomic E-state index is -3.45. The lowest BCUT2D eigenvalue weighted by Crippen LogP contribution is -2.45. The summed E-state index contributed by atoms with van der Waals surface area (Å²) in [5, 5.41) is 0. The predicted molar refractivity (Wildman–Crippen MR) is 83.6 cm³/mol. The summed E-state index contributed by atoms with van der Waals surface area (Å²) in [7, 11) is -3.45. The fourth-order valence-corrected chi connectivity index (χ4v) is 5.63. The van der Waals surface area contributed by atoms with Gasteiger partial charge >= 0.3 is 0 Å². The summed E-state index contributed by atoms with van der Waals surface area (Å²) in [6.45, 7) is 4.75. The van der Waals surface area contributed by atoms with Gasteiger partial charge in [0.15, 0.2) is 0 Å². The number of hydrogen-bond donors (Lipinski definition) is 1. The van der Waals surface area contributed by atoms with Crippen LogP contribution in [-0.2, 0) is 14.8 Å². The fourth-order valence-electron chi connectivity index (χ4n) is 2.86. The molecule has 2 saturated heterocycles. The van der Waals surface area contributed by atoms with E-state index in [1.807, 2.05) is 0 Å². The van der Waals surface area contributed by atoms with Gasteiger partial charge in [0, 0.05) is 26.2 Å². The molecule has 1 N–H and O–H groups in total. The lowest BCUT2D eigenvalue weighted by molar-refractivity contribution is -0.0373. The van der Waals surface area contributed by atoms with Crippen LogP contribution < -0.4 is 4.72 Å². The van der Waals surface area contributed by atoms with Gasteiger partial charge in [-0.15, -0.1) is 11.3 Å². The fraction of sp³-hybridized carbons (Fsp3) is 0.692. The lowest BCUT2D eigenvalue weighted by atomic mass is 10.2. The Bertz CT molecular complexity index is 585. The maximum Gasteiger partial charge on any atom is 0.250 e. The second-order valence-electron chi connectivity index (χ2n) is 5.64. The van der Waals surface area contributed by atoms with Gasteiger partial charge in [0.05, 0.1) is 16.5 Å². The number of sulfonamides is 1. The van der Waals surface area contributed by atoms with Crippen molar-refractivity contribution in [2.24, 2.45) is 0 Å². The Morgan fingerprint density at radius 2 is 2.10 bits per heavy atom. The molecule has 5 nitrogen and oxygen atoms in total. The summed E-state index contributed by atoms with van der Waals surface area (Å²) in [6, 6.07) is 1.62. The molecule has 2 unspecified atom stereocenters. The second kappa shape index (κ2) is 6.14. The normalized spacial score (nSPS) is 26.4. The molecule has 0 saturated carbocycles. The van der Waals surface area contributed by atoms with Crippen molar-refractivity contribution in [3.8, 4) is 0 Å². The standard InChI is InChI=1S/C13H19ClN2O3S2/c1-9-6-12(20-13(9)14)21(17,18)15-4-5-16-7-10-2-3-11(8-16)19-10/h6,10-11,15H,2-5,7-8H2,1H3. The number of halogens is 1. The number of thiophene rings is 1. The van der Waals surface area contributed by atoms with E-state index >= 15 is 0 Å². The molecule has 2 bridgehead atoms. The number of nitrogens with zero attached hydrogens (tertiary/aromatic N) is 1. The van der Waals surface area contributed by atoms with Crippen LogP contribution in [0.1, 0.15) is 18.4 Å². The molecule has 0 aromatic carbocycles. The number of likely N-dealkylation sites (tertiary alicyclic amines) is 1. The zero-order chi connectivity index (χ0) is 15.0. The van der Waals surface area contributed by atoms with Crippen LogP contribution in [0.3, 0.4) is 0 Å². The van der Waals surface area contributed by atoms with Crippen molar-refractivity contribution in [1.29, 1.82) is 0 Å². The molecule has 8 heteroatoms. The van der Waals surface area contributed by atoms with Gasteiger partial charge in [-0.05, 0) is 31.4 Å². The maximum atomic E-state index is 12.2. The maximum absolute atomic E-state index is 12.2. The summed E-state index contributed by atoms with van der Waals surface area (Å²) in [5.41, 5.74) is 0.798. The van der Waals surface area contributed by atoms with Crippen molar-refractivity contribution < 1.29 is 13.2 Å². The number of morpholine rings is 1. The van der Waals surface area contributed by atoms with Crippen LogP contribution in [0.4, 0.5) is 0 Å². The summed E-state index contributed by atoms with van der Waals surface area (Å²) in [5.74, 6) is 0. The molecule has 0 amide bonds. The van der Waals surface area contributed by atoms with Crippen LogP contribution in [0.2, 0.25) is 4.34 Å². The van der Waals surface area contributed by atoms with E-state index in [-0.39, 0.29) is 4.21 Å². The van der Waals surface area contributed by atoms with E-state index in [0.717, 1.165) is 42.8 Å². The molecule has 2 fully saturated rings. The summed E-state index contributed by atoms with van der Waals surface area (Å²) in [6.07, 6.45) is 2.91. The van der Waals surface area contributed by atoms with E-state index in [2.05, 4.69) is 9.62 Å². The quantitative estimate of drug-likeness (QED) is 0.880. The Morgan fingerprint density at radius 1 is 1.43 bits per heavy atom. The third-order valence-corrected chi connectivity index (χ3v) is 7.43. The van der Waals surface area contributed by atoms with Crippen molar-refractivity contribution in [3.63, 3.8) is 0 Å². The molecule has 2 atom stereocenters. The van der Waals surface area contributed by atoms with Gasteiger partial charge < -0.3 is 4.74 Å². The molecule has 2 aliphatic heterocycles. The Labute approximate surface area is 134 Å². The molecule has 21 heavy (non-hydrogen) atoms. The van der Waals surface area contributed by atoms with Crippen LogP contribution in [0.5, 0.6) is 0 Å². The predicted octanol–water partition coefficient (Wildman–Crippen LogP) is 1.85. The van der Waals surface area contributed by atoms with E-state index in [1.165, 1.54) is 0 Å². The molecule has 3 rings (SSSR count). The van der Waals surface area contributed by atoms with Crippen molar-refractivity contribution >= 4 is 33.0 Å². The summed E-state index contributed by atoms with van der Waals surface area (Å²) in [4.78, 5) is 2.28. The first-order valence-corrected chi connectivity index (χ1v) is 9.75. The number of aryl methyl sites for hydroxylation is 1. The lowest BCUT2D eigenvalue weighted by Gasteiger charge is -2.31. The van der Waals surface area contributed by atoms with Crippen molar-refractivity contribution in [1.82, 2.24) is 9.62 Å². The van der Waals surface area contributed by atoms with E-state index in [0.29, 0.717) is 29.6 Å². The van der Waals surface area contributed by atoms with Gasteiger partial charge in [-0.1, -0.05) is 11.6 Å². The molecule has 0 aliphatic carbocycles. The number of fused-ring (bicyclic) bond motifs is 2. The number of hydrogen-bond acceptors (Lipinski definition) is 5. The van der Waals surface area contributed by atoms with Gasteiger partial charge in [-0.2, -0.15) is 0 Å². The molecule has 0 radical (unpaired) electrons. The Hall–Kier alpha value is -0.180. The highest BCUT2D eigenvalue weighted by atomic mass is 35.5.